The summed E-state index contributed by atoms with van der Waals surface area (Å²) in [5, 5.41) is 2.74. The van der Waals surface area contributed by atoms with Crippen molar-refractivity contribution in [3.05, 3.63) is 0 Å². The van der Waals surface area contributed by atoms with Crippen LogP contribution in [0.2, 0.25) is 0 Å². The van der Waals surface area contributed by atoms with E-state index in [1.165, 1.54) is 6.92 Å². The normalized spacial score (nSPS) is 12.2. The van der Waals surface area contributed by atoms with Crippen LogP contribution in [0.5, 0.6) is 0 Å². The molecule has 0 aliphatic carbocycles. The van der Waals surface area contributed by atoms with Gasteiger partial charge in [-0.05, 0) is 12.8 Å². The van der Waals surface area contributed by atoms with Gasteiger partial charge in [0.15, 0.2) is 5.78 Å². The average molecular weight is 276 g/mol. The molecule has 0 fully saturated rings. The van der Waals surface area contributed by atoms with E-state index in [-0.39, 0.29) is 26.0 Å². The molecule has 0 aromatic rings. The largest absolute Gasteiger partial charge is 0.356 e. The lowest BCUT2D eigenvalue weighted by Crippen LogP contribution is -2.38. The minimum absolute atomic E-state index is 0. The maximum absolute atomic E-state index is 11.8. The van der Waals surface area contributed by atoms with Gasteiger partial charge in [-0.1, -0.05) is 47.5 Å². The lowest BCUT2D eigenvalue weighted by molar-refractivity contribution is -0.127. The Bertz CT molecular complexity index is 267. The molecule has 1 amide bonds. The van der Waals surface area contributed by atoms with E-state index in [9.17, 15) is 9.59 Å². The number of amides is 1. The molecule has 0 radical (unpaired) electrons. The molecule has 0 unspecified atom stereocenters. The van der Waals surface area contributed by atoms with Crippen molar-refractivity contribution in [1.82, 2.24) is 5.32 Å². The zero-order valence-electron chi connectivity index (χ0n) is 13.5. The second-order valence-electron chi connectivity index (χ2n) is 5.55. The molecule has 118 valence electrons. The molecule has 1 atom stereocenters. The summed E-state index contributed by atoms with van der Waals surface area (Å²) in [6, 6.07) is -0.351. The van der Waals surface area contributed by atoms with Crippen molar-refractivity contribution < 1.29 is 12.4 Å². The molecule has 0 spiro atoms. The zero-order valence-corrected chi connectivity index (χ0v) is 13.5. The number of nitrogens with one attached hydrogen (secondary N) is 1. The summed E-state index contributed by atoms with van der Waals surface area (Å²) in [5.41, 5.74) is 5.50. The molecule has 4 nitrogen and oxygen atoms in total. The van der Waals surface area contributed by atoms with E-state index in [1.807, 2.05) is 34.6 Å². The van der Waals surface area contributed by atoms with Gasteiger partial charge >= 0.3 is 0 Å². The van der Waals surface area contributed by atoms with E-state index < -0.39 is 0 Å². The summed E-state index contributed by atoms with van der Waals surface area (Å²) in [7, 11) is 0. The van der Waals surface area contributed by atoms with E-state index in [0.717, 1.165) is 25.7 Å². The lowest BCUT2D eigenvalue weighted by atomic mass is 9.85. The lowest BCUT2D eigenvalue weighted by Gasteiger charge is -2.21. The van der Waals surface area contributed by atoms with Crippen LogP contribution < -0.4 is 11.1 Å². The number of rotatable bonds is 7. The van der Waals surface area contributed by atoms with Gasteiger partial charge < -0.3 is 11.1 Å². The topological polar surface area (TPSA) is 72.2 Å². The van der Waals surface area contributed by atoms with E-state index in [1.54, 1.807) is 0 Å². The van der Waals surface area contributed by atoms with Crippen LogP contribution >= 0.6 is 0 Å². The fourth-order valence-electron chi connectivity index (χ4n) is 1.62. The second-order valence-corrected chi connectivity index (χ2v) is 5.55. The van der Waals surface area contributed by atoms with Crippen molar-refractivity contribution in [2.24, 2.45) is 11.1 Å². The minimum atomic E-state index is -0.352. The third kappa shape index (κ3) is 11.9. The van der Waals surface area contributed by atoms with Gasteiger partial charge in [-0.3, -0.25) is 9.59 Å². The van der Waals surface area contributed by atoms with Gasteiger partial charge in [0.2, 0.25) is 5.91 Å². The van der Waals surface area contributed by atoms with Gasteiger partial charge in [0.1, 0.15) is 0 Å². The molecule has 0 aromatic heterocycles. The number of ketones is 1. The van der Waals surface area contributed by atoms with Crippen LogP contribution in [0.3, 0.4) is 0 Å². The molecule has 0 saturated heterocycles. The molecule has 0 aliphatic heterocycles. The molecular formula is C15H36N2O2. The van der Waals surface area contributed by atoms with Crippen molar-refractivity contribution in [2.45, 2.75) is 73.3 Å². The molecule has 0 heterocycles. The van der Waals surface area contributed by atoms with Crippen LogP contribution in [-0.4, -0.2) is 24.3 Å². The number of carbonyl (C=O) groups excluding carboxylic acids is 2. The van der Waals surface area contributed by atoms with Crippen LogP contribution in [0, 0.1) is 5.41 Å². The van der Waals surface area contributed by atoms with Crippen molar-refractivity contribution in [3.63, 3.8) is 0 Å². The second kappa shape index (κ2) is 11.0. The highest BCUT2D eigenvalue weighted by Gasteiger charge is 2.26. The highest BCUT2D eigenvalue weighted by Crippen LogP contribution is 2.18. The third-order valence-electron chi connectivity index (χ3n) is 2.64. The predicted octanol–water partition coefficient (Wildman–Crippen LogP) is 3.14. The minimum Gasteiger partial charge on any atom is -0.356 e. The van der Waals surface area contributed by atoms with Gasteiger partial charge in [0.25, 0.3) is 0 Å². The van der Waals surface area contributed by atoms with Crippen molar-refractivity contribution >= 4 is 11.7 Å². The Morgan fingerprint density at radius 2 is 1.68 bits per heavy atom. The highest BCUT2D eigenvalue weighted by atomic mass is 16.1. The quantitative estimate of drug-likeness (QED) is 0.702. The Morgan fingerprint density at radius 1 is 1.16 bits per heavy atom. The van der Waals surface area contributed by atoms with E-state index in [4.69, 9.17) is 5.73 Å². The summed E-state index contributed by atoms with van der Waals surface area (Å²) in [5.74, 6) is 0.129. The van der Waals surface area contributed by atoms with Crippen LogP contribution in [0.15, 0.2) is 0 Å². The number of hydrogen-bond donors (Lipinski definition) is 2. The Kier molecular flexibility index (Phi) is 11.8. The zero-order chi connectivity index (χ0) is 15.5. The first-order valence-corrected chi connectivity index (χ1v) is 7.29. The number of nitrogens with two attached hydrogens (primary N) is 1. The molecule has 0 saturated carbocycles. The standard InChI is InChI=1S/C13H26N2O2.C2H6.2H2/c1-10(16)15-9-7-5-6-8-11(14)12(17)13(2,3)4;1-2;;/h11H,5-9,14H2,1-4H3,(H,15,16);1-2H3;2*1H/t11-;;;/m0.../s1. The maximum atomic E-state index is 11.8. The van der Waals surface area contributed by atoms with Crippen molar-refractivity contribution in [1.29, 1.82) is 0 Å². The van der Waals surface area contributed by atoms with Crippen LogP contribution in [-0.2, 0) is 9.59 Å². The van der Waals surface area contributed by atoms with Crippen molar-refractivity contribution in [3.8, 4) is 0 Å². The SMILES string of the molecule is CC.CC(=O)NCCCCC[C@H](N)C(=O)C(C)(C)C.[HH].[HH]. The molecule has 0 rings (SSSR count). The smallest absolute Gasteiger partial charge is 0.216 e. The van der Waals surface area contributed by atoms with Gasteiger partial charge in [0.05, 0.1) is 6.04 Å². The number of carbonyl (C=O) groups is 2. The molecule has 0 aromatic carbocycles. The first-order chi connectivity index (χ1) is 8.75. The van der Waals surface area contributed by atoms with E-state index in [2.05, 4.69) is 5.32 Å². The van der Waals surface area contributed by atoms with E-state index >= 15 is 0 Å². The van der Waals surface area contributed by atoms with Crippen LogP contribution in [0.25, 0.3) is 0 Å². The summed E-state index contributed by atoms with van der Waals surface area (Å²) >= 11 is 0. The fourth-order valence-corrected chi connectivity index (χ4v) is 1.62. The molecule has 4 heteroatoms. The first kappa shape index (κ1) is 20.4. The summed E-state index contributed by atoms with van der Waals surface area (Å²) in [6.45, 7) is 11.9. The van der Waals surface area contributed by atoms with Gasteiger partial charge in [0, 0.05) is 21.7 Å². The number of unbranched alkanes of at least 4 members (excludes halogenated alkanes) is 2. The number of Topliss-reactive ketones (excluding diaryl/α,β-unsaturated/α-hetero) is 1. The Hall–Kier alpha value is -0.900. The van der Waals surface area contributed by atoms with Gasteiger partial charge in [-0.2, -0.15) is 0 Å². The predicted molar refractivity (Wildman–Crippen MR) is 85.2 cm³/mol. The summed E-state index contributed by atoms with van der Waals surface area (Å²) in [4.78, 5) is 22.4. The monoisotopic (exact) mass is 276 g/mol. The summed E-state index contributed by atoms with van der Waals surface area (Å²) in [6.07, 6.45) is 3.60. The Morgan fingerprint density at radius 3 is 2.11 bits per heavy atom. The molecule has 19 heavy (non-hydrogen) atoms. The Labute approximate surface area is 121 Å². The summed E-state index contributed by atoms with van der Waals surface area (Å²) < 4.78 is 0. The first-order valence-electron chi connectivity index (χ1n) is 7.29. The average Bonchev–Trinajstić information content (AvgIpc) is 2.33. The van der Waals surface area contributed by atoms with Crippen molar-refractivity contribution in [2.75, 3.05) is 6.54 Å². The van der Waals surface area contributed by atoms with Gasteiger partial charge in [-0.15, -0.1) is 0 Å². The molecule has 3 N–H and O–H groups in total. The Balaban J connectivity index is -0.000000344. The van der Waals surface area contributed by atoms with Crippen LogP contribution in [0.4, 0.5) is 0 Å². The maximum Gasteiger partial charge on any atom is 0.216 e. The third-order valence-corrected chi connectivity index (χ3v) is 2.64. The van der Waals surface area contributed by atoms with Gasteiger partial charge in [-0.25, -0.2) is 0 Å². The molecular weight excluding hydrogens is 240 g/mol. The fraction of sp³-hybridized carbons (Fsp3) is 0.867. The van der Waals surface area contributed by atoms with Crippen LogP contribution in [0.1, 0.15) is 70.1 Å². The molecule has 0 bridgehead atoms. The highest BCUT2D eigenvalue weighted by molar-refractivity contribution is 5.88. The van der Waals surface area contributed by atoms with E-state index in [0.29, 0.717) is 6.54 Å². The molecule has 0 aliphatic rings. The number of hydrogen-bond acceptors (Lipinski definition) is 3.